The predicted molar refractivity (Wildman–Crippen MR) is 59.7 cm³/mol. The minimum atomic E-state index is -4.07. The monoisotopic (exact) mass is 264 g/mol. The number of sulfonamides is 1. The quantitative estimate of drug-likeness (QED) is 0.855. The van der Waals surface area contributed by atoms with Crippen molar-refractivity contribution in [3.63, 3.8) is 0 Å². The number of nitrogens with one attached hydrogen (secondary N) is 1. The van der Waals surface area contributed by atoms with Gasteiger partial charge in [-0.1, -0.05) is 0 Å². The van der Waals surface area contributed by atoms with Crippen LogP contribution in [0.4, 0.5) is 8.78 Å². The molecule has 0 aliphatic rings. The Bertz CT molecular complexity index is 515. The van der Waals surface area contributed by atoms with Crippen LogP contribution in [0.5, 0.6) is 0 Å². The molecule has 0 bridgehead atoms. The van der Waals surface area contributed by atoms with E-state index in [1.807, 2.05) is 0 Å². The van der Waals surface area contributed by atoms with Crippen molar-refractivity contribution in [2.75, 3.05) is 0 Å². The van der Waals surface area contributed by atoms with E-state index in [2.05, 4.69) is 4.72 Å². The van der Waals surface area contributed by atoms with Crippen molar-refractivity contribution in [3.05, 3.63) is 29.3 Å². The van der Waals surface area contributed by atoms with Crippen LogP contribution in [0.1, 0.15) is 19.4 Å². The van der Waals surface area contributed by atoms with E-state index in [0.29, 0.717) is 0 Å². The second-order valence-corrected chi connectivity index (χ2v) is 5.55. The zero-order valence-electron chi connectivity index (χ0n) is 9.50. The van der Waals surface area contributed by atoms with Crippen molar-refractivity contribution < 1.29 is 17.2 Å². The molecule has 0 amide bonds. The first-order chi connectivity index (χ1) is 7.77. The summed E-state index contributed by atoms with van der Waals surface area (Å²) < 4.78 is 52.2. The molecule has 0 aliphatic heterocycles. The standard InChI is InChI=1S/C10H14F2N2O2S/c1-6(2)14-17(15,16)9-4-7(5-13)3-8(11)10(9)12/h3-4,6,14H,5,13H2,1-2H3. The van der Waals surface area contributed by atoms with Gasteiger partial charge in [-0.25, -0.2) is 21.9 Å². The van der Waals surface area contributed by atoms with Crippen LogP contribution in [0.3, 0.4) is 0 Å². The number of nitrogens with two attached hydrogens (primary N) is 1. The lowest BCUT2D eigenvalue weighted by Gasteiger charge is -2.11. The maximum atomic E-state index is 13.4. The summed E-state index contributed by atoms with van der Waals surface area (Å²) in [6.45, 7) is 3.10. The molecule has 1 rings (SSSR count). The van der Waals surface area contributed by atoms with Gasteiger partial charge >= 0.3 is 0 Å². The molecule has 4 nitrogen and oxygen atoms in total. The van der Waals surface area contributed by atoms with Crippen LogP contribution in [0.15, 0.2) is 17.0 Å². The summed E-state index contributed by atoms with van der Waals surface area (Å²) in [4.78, 5) is -0.716. The number of rotatable bonds is 4. The molecule has 0 aromatic heterocycles. The smallest absolute Gasteiger partial charge is 0.243 e. The van der Waals surface area contributed by atoms with Crippen molar-refractivity contribution in [1.29, 1.82) is 0 Å². The molecule has 0 unspecified atom stereocenters. The Labute approximate surface area is 98.9 Å². The Hall–Kier alpha value is -1.05. The number of hydrogen-bond donors (Lipinski definition) is 2. The van der Waals surface area contributed by atoms with E-state index in [1.165, 1.54) is 0 Å². The van der Waals surface area contributed by atoms with E-state index in [0.717, 1.165) is 12.1 Å². The third-order valence-corrected chi connectivity index (χ3v) is 3.63. The molecule has 7 heteroatoms. The molecule has 0 heterocycles. The molecular weight excluding hydrogens is 250 g/mol. The zero-order chi connectivity index (χ0) is 13.2. The maximum Gasteiger partial charge on any atom is 0.243 e. The molecule has 0 aliphatic carbocycles. The van der Waals surface area contributed by atoms with Gasteiger partial charge in [-0.15, -0.1) is 0 Å². The molecule has 3 N–H and O–H groups in total. The van der Waals surface area contributed by atoms with Gasteiger partial charge < -0.3 is 5.73 Å². The highest BCUT2D eigenvalue weighted by Gasteiger charge is 2.23. The summed E-state index contributed by atoms with van der Waals surface area (Å²) in [5.74, 6) is -2.62. The summed E-state index contributed by atoms with van der Waals surface area (Å²) in [7, 11) is -4.07. The minimum absolute atomic E-state index is 0.0681. The van der Waals surface area contributed by atoms with Gasteiger partial charge in [0.2, 0.25) is 10.0 Å². The van der Waals surface area contributed by atoms with E-state index >= 15 is 0 Å². The fourth-order valence-electron chi connectivity index (χ4n) is 1.30. The molecular formula is C10H14F2N2O2S. The van der Waals surface area contributed by atoms with Crippen LogP contribution in [0.2, 0.25) is 0 Å². The fraction of sp³-hybridized carbons (Fsp3) is 0.400. The average Bonchev–Trinajstić information content (AvgIpc) is 2.19. The lowest BCUT2D eigenvalue weighted by Crippen LogP contribution is -2.31. The molecule has 0 fully saturated rings. The topological polar surface area (TPSA) is 72.2 Å². The molecule has 0 saturated heterocycles. The largest absolute Gasteiger partial charge is 0.326 e. The van der Waals surface area contributed by atoms with Crippen LogP contribution in [0, 0.1) is 11.6 Å². The van der Waals surface area contributed by atoms with Gasteiger partial charge in [0.25, 0.3) is 0 Å². The predicted octanol–water partition coefficient (Wildman–Crippen LogP) is 1.11. The van der Waals surface area contributed by atoms with Crippen LogP contribution in [-0.4, -0.2) is 14.5 Å². The first kappa shape index (κ1) is 14.0. The minimum Gasteiger partial charge on any atom is -0.326 e. The maximum absolute atomic E-state index is 13.4. The van der Waals surface area contributed by atoms with Gasteiger partial charge in [0.05, 0.1) is 0 Å². The summed E-state index contributed by atoms with van der Waals surface area (Å²) in [6, 6.07) is 1.50. The molecule has 96 valence electrons. The van der Waals surface area contributed by atoms with Gasteiger partial charge in [-0.05, 0) is 31.5 Å². The van der Waals surface area contributed by atoms with Crippen LogP contribution < -0.4 is 10.5 Å². The van der Waals surface area contributed by atoms with Gasteiger partial charge in [0.1, 0.15) is 4.90 Å². The van der Waals surface area contributed by atoms with Crippen LogP contribution >= 0.6 is 0 Å². The molecule has 17 heavy (non-hydrogen) atoms. The van der Waals surface area contributed by atoms with Crippen molar-refractivity contribution in [3.8, 4) is 0 Å². The third-order valence-electron chi connectivity index (χ3n) is 1.97. The van der Waals surface area contributed by atoms with Gasteiger partial charge in [-0.2, -0.15) is 0 Å². The second kappa shape index (κ2) is 5.07. The Balaban J connectivity index is 3.35. The van der Waals surface area contributed by atoms with Crippen molar-refractivity contribution in [2.24, 2.45) is 5.73 Å². The van der Waals surface area contributed by atoms with Crippen LogP contribution in [-0.2, 0) is 16.6 Å². The molecule has 0 spiro atoms. The number of halogens is 2. The molecule has 1 aromatic carbocycles. The van der Waals surface area contributed by atoms with Crippen LogP contribution in [0.25, 0.3) is 0 Å². The average molecular weight is 264 g/mol. The van der Waals surface area contributed by atoms with Crippen molar-refractivity contribution in [1.82, 2.24) is 4.72 Å². The number of benzene rings is 1. The lowest BCUT2D eigenvalue weighted by molar-refractivity contribution is 0.480. The van der Waals surface area contributed by atoms with E-state index in [1.54, 1.807) is 13.8 Å². The highest BCUT2D eigenvalue weighted by Crippen LogP contribution is 2.19. The van der Waals surface area contributed by atoms with E-state index in [4.69, 9.17) is 5.73 Å². The normalized spacial score (nSPS) is 12.1. The van der Waals surface area contributed by atoms with E-state index in [9.17, 15) is 17.2 Å². The summed E-state index contributed by atoms with van der Waals surface area (Å²) in [5.41, 5.74) is 5.49. The first-order valence-electron chi connectivity index (χ1n) is 4.98. The summed E-state index contributed by atoms with van der Waals surface area (Å²) in [5, 5.41) is 0. The van der Waals surface area contributed by atoms with E-state index < -0.39 is 32.6 Å². The highest BCUT2D eigenvalue weighted by molar-refractivity contribution is 7.89. The van der Waals surface area contributed by atoms with Gasteiger partial charge in [0, 0.05) is 12.6 Å². The van der Waals surface area contributed by atoms with Crippen molar-refractivity contribution in [2.45, 2.75) is 31.3 Å². The first-order valence-corrected chi connectivity index (χ1v) is 6.46. The second-order valence-electron chi connectivity index (χ2n) is 3.87. The molecule has 0 saturated carbocycles. The molecule has 0 atom stereocenters. The Morgan fingerprint density at radius 1 is 1.35 bits per heavy atom. The molecule has 0 radical (unpaired) electrons. The Morgan fingerprint density at radius 3 is 2.41 bits per heavy atom. The summed E-state index contributed by atoms with van der Waals surface area (Å²) in [6.07, 6.45) is 0. The zero-order valence-corrected chi connectivity index (χ0v) is 10.3. The highest BCUT2D eigenvalue weighted by atomic mass is 32.2. The van der Waals surface area contributed by atoms with E-state index in [-0.39, 0.29) is 12.1 Å². The Morgan fingerprint density at radius 2 is 1.94 bits per heavy atom. The SMILES string of the molecule is CC(C)NS(=O)(=O)c1cc(CN)cc(F)c1F. The van der Waals surface area contributed by atoms with Gasteiger partial charge in [0.15, 0.2) is 11.6 Å². The molecule has 1 aromatic rings. The number of hydrogen-bond acceptors (Lipinski definition) is 3. The fourth-order valence-corrected chi connectivity index (χ4v) is 2.69. The third kappa shape index (κ3) is 3.21. The van der Waals surface area contributed by atoms with Gasteiger partial charge in [-0.3, -0.25) is 0 Å². The van der Waals surface area contributed by atoms with Crippen molar-refractivity contribution >= 4 is 10.0 Å². The Kier molecular flexibility index (Phi) is 4.18. The lowest BCUT2D eigenvalue weighted by atomic mass is 10.2. The summed E-state index contributed by atoms with van der Waals surface area (Å²) >= 11 is 0.